The molecule has 0 aliphatic carbocycles. The Labute approximate surface area is 112 Å². The summed E-state index contributed by atoms with van der Waals surface area (Å²) in [6, 6.07) is 2.11. The van der Waals surface area contributed by atoms with Crippen molar-refractivity contribution in [2.45, 2.75) is 19.5 Å². The quantitative estimate of drug-likeness (QED) is 0.905. The first-order chi connectivity index (χ1) is 7.66. The van der Waals surface area contributed by atoms with Crippen molar-refractivity contribution >= 4 is 45.9 Å². The molecule has 16 heavy (non-hydrogen) atoms. The molecule has 2 aromatic heterocycles. The van der Waals surface area contributed by atoms with E-state index in [1.807, 2.05) is 17.8 Å². The Kier molecular flexibility index (Phi) is 4.21. The molecule has 0 saturated heterocycles. The molecule has 2 rings (SSSR count). The summed E-state index contributed by atoms with van der Waals surface area (Å²) in [5.41, 5.74) is 2.89. The van der Waals surface area contributed by atoms with Gasteiger partial charge in [-0.3, -0.25) is 4.98 Å². The van der Waals surface area contributed by atoms with E-state index in [-0.39, 0.29) is 6.04 Å². The molecule has 1 N–H and O–H groups in total. The average molecular weight is 293 g/mol. The van der Waals surface area contributed by atoms with Crippen molar-refractivity contribution in [3.05, 3.63) is 36.9 Å². The lowest BCUT2D eigenvalue weighted by atomic mass is 10.2. The summed E-state index contributed by atoms with van der Waals surface area (Å²) in [6.45, 7) is 2.88. The first-order valence-electron chi connectivity index (χ1n) is 4.72. The third kappa shape index (κ3) is 2.96. The van der Waals surface area contributed by atoms with Crippen molar-refractivity contribution in [3.8, 4) is 0 Å². The maximum absolute atomic E-state index is 6.08. The van der Waals surface area contributed by atoms with Crippen molar-refractivity contribution in [3.63, 3.8) is 0 Å². The van der Waals surface area contributed by atoms with Crippen LogP contribution in [0.5, 0.6) is 0 Å². The number of thiophene rings is 1. The molecule has 0 radical (unpaired) electrons. The topological polar surface area (TPSA) is 24.9 Å². The van der Waals surface area contributed by atoms with Crippen molar-refractivity contribution in [2.75, 3.05) is 0 Å². The molecular formula is C10H10Cl2N2S2. The second-order valence-electron chi connectivity index (χ2n) is 3.35. The van der Waals surface area contributed by atoms with Gasteiger partial charge in [-0.05, 0) is 18.6 Å². The van der Waals surface area contributed by atoms with E-state index in [9.17, 15) is 0 Å². The molecule has 0 saturated carbocycles. The standard InChI is InChI=1S/C10H10Cl2N2S2/c1-6(8-2-9(11)16-10(8)12)14-4-7-3-13-5-15-7/h2-3,5-6,14H,4H2,1H3. The highest BCUT2D eigenvalue weighted by atomic mass is 35.5. The zero-order chi connectivity index (χ0) is 11.5. The third-order valence-corrected chi connectivity index (χ3v) is 4.51. The minimum Gasteiger partial charge on any atom is -0.305 e. The lowest BCUT2D eigenvalue weighted by molar-refractivity contribution is 0.580. The highest BCUT2D eigenvalue weighted by Gasteiger charge is 2.12. The second kappa shape index (κ2) is 5.47. The van der Waals surface area contributed by atoms with Gasteiger partial charge < -0.3 is 5.32 Å². The normalized spacial score (nSPS) is 12.9. The van der Waals surface area contributed by atoms with Gasteiger partial charge >= 0.3 is 0 Å². The van der Waals surface area contributed by atoms with Gasteiger partial charge in [-0.25, -0.2) is 0 Å². The van der Waals surface area contributed by atoms with Crippen LogP contribution in [0.2, 0.25) is 8.67 Å². The van der Waals surface area contributed by atoms with Gasteiger partial charge in [-0.2, -0.15) is 0 Å². The third-order valence-electron chi connectivity index (χ3n) is 2.22. The first kappa shape index (κ1) is 12.3. The summed E-state index contributed by atoms with van der Waals surface area (Å²) in [7, 11) is 0. The zero-order valence-corrected chi connectivity index (χ0v) is 11.7. The van der Waals surface area contributed by atoms with Gasteiger partial charge in [-0.15, -0.1) is 22.7 Å². The highest BCUT2D eigenvalue weighted by molar-refractivity contribution is 7.20. The molecule has 0 fully saturated rings. The van der Waals surface area contributed by atoms with E-state index in [4.69, 9.17) is 23.2 Å². The van der Waals surface area contributed by atoms with E-state index in [1.165, 1.54) is 16.2 Å². The SMILES string of the molecule is CC(NCc1cncs1)c1cc(Cl)sc1Cl. The summed E-state index contributed by atoms with van der Waals surface area (Å²) in [5, 5.41) is 3.39. The number of hydrogen-bond donors (Lipinski definition) is 1. The van der Waals surface area contributed by atoms with Gasteiger partial charge in [0, 0.05) is 23.7 Å². The molecular weight excluding hydrogens is 283 g/mol. The lowest BCUT2D eigenvalue weighted by Crippen LogP contribution is -2.17. The van der Waals surface area contributed by atoms with Crippen LogP contribution in [0.25, 0.3) is 0 Å². The molecule has 0 amide bonds. The number of nitrogens with one attached hydrogen (secondary N) is 1. The average Bonchev–Trinajstić information content (AvgIpc) is 2.84. The largest absolute Gasteiger partial charge is 0.305 e. The van der Waals surface area contributed by atoms with Crippen LogP contribution in [0.3, 0.4) is 0 Å². The second-order valence-corrected chi connectivity index (χ2v) is 6.61. The molecule has 0 aliphatic rings. The number of halogens is 2. The van der Waals surface area contributed by atoms with E-state index < -0.39 is 0 Å². The predicted octanol–water partition coefficient (Wildman–Crippen LogP) is 4.36. The Morgan fingerprint density at radius 1 is 1.50 bits per heavy atom. The summed E-state index contributed by atoms with van der Waals surface area (Å²) in [4.78, 5) is 5.24. The van der Waals surface area contributed by atoms with Crippen LogP contribution >= 0.6 is 45.9 Å². The summed E-state index contributed by atoms with van der Waals surface area (Å²) in [6.07, 6.45) is 1.87. The summed E-state index contributed by atoms with van der Waals surface area (Å²) >= 11 is 15.0. The molecule has 6 heteroatoms. The number of thiazole rings is 1. The van der Waals surface area contributed by atoms with Crippen molar-refractivity contribution in [1.29, 1.82) is 0 Å². The molecule has 2 aromatic rings. The lowest BCUT2D eigenvalue weighted by Gasteiger charge is -2.11. The van der Waals surface area contributed by atoms with Gasteiger partial charge in [0.1, 0.15) is 0 Å². The summed E-state index contributed by atoms with van der Waals surface area (Å²) < 4.78 is 1.49. The molecule has 1 unspecified atom stereocenters. The number of nitrogens with zero attached hydrogens (tertiary/aromatic N) is 1. The molecule has 2 nitrogen and oxygen atoms in total. The van der Waals surface area contributed by atoms with E-state index >= 15 is 0 Å². The molecule has 1 atom stereocenters. The molecule has 2 heterocycles. The fourth-order valence-electron chi connectivity index (χ4n) is 1.34. The minimum absolute atomic E-state index is 0.193. The Balaban J connectivity index is 1.98. The first-order valence-corrected chi connectivity index (χ1v) is 7.17. The van der Waals surface area contributed by atoms with Crippen LogP contribution in [0, 0.1) is 0 Å². The maximum Gasteiger partial charge on any atom is 0.0991 e. The van der Waals surface area contributed by atoms with Gasteiger partial charge in [0.15, 0.2) is 0 Å². The van der Waals surface area contributed by atoms with Crippen molar-refractivity contribution < 1.29 is 0 Å². The Morgan fingerprint density at radius 2 is 2.31 bits per heavy atom. The zero-order valence-electron chi connectivity index (χ0n) is 8.54. The van der Waals surface area contributed by atoms with Crippen molar-refractivity contribution in [1.82, 2.24) is 10.3 Å². The van der Waals surface area contributed by atoms with Crippen LogP contribution in [-0.4, -0.2) is 4.98 Å². The number of rotatable bonds is 4. The van der Waals surface area contributed by atoms with Crippen LogP contribution in [-0.2, 0) is 6.54 Å². The van der Waals surface area contributed by atoms with Crippen LogP contribution in [0.4, 0.5) is 0 Å². The van der Waals surface area contributed by atoms with E-state index in [2.05, 4.69) is 17.2 Å². The predicted molar refractivity (Wildman–Crippen MR) is 71.7 cm³/mol. The Morgan fingerprint density at radius 3 is 2.88 bits per heavy atom. The summed E-state index contributed by atoms with van der Waals surface area (Å²) in [5.74, 6) is 0. The van der Waals surface area contributed by atoms with Crippen molar-refractivity contribution in [2.24, 2.45) is 0 Å². The monoisotopic (exact) mass is 292 g/mol. The van der Waals surface area contributed by atoms with Gasteiger partial charge in [0.25, 0.3) is 0 Å². The smallest absolute Gasteiger partial charge is 0.0991 e. The van der Waals surface area contributed by atoms with E-state index in [0.717, 1.165) is 20.8 Å². The van der Waals surface area contributed by atoms with E-state index in [1.54, 1.807) is 11.3 Å². The Bertz CT molecular complexity index is 453. The molecule has 0 spiro atoms. The van der Waals surface area contributed by atoms with Gasteiger partial charge in [0.05, 0.1) is 14.2 Å². The van der Waals surface area contributed by atoms with Crippen LogP contribution in [0.1, 0.15) is 23.4 Å². The maximum atomic E-state index is 6.08. The molecule has 0 aromatic carbocycles. The molecule has 86 valence electrons. The van der Waals surface area contributed by atoms with Crippen LogP contribution < -0.4 is 5.32 Å². The Hall–Kier alpha value is -0.130. The molecule has 0 aliphatic heterocycles. The minimum atomic E-state index is 0.193. The molecule has 0 bridgehead atoms. The van der Waals surface area contributed by atoms with Crippen LogP contribution in [0.15, 0.2) is 17.8 Å². The van der Waals surface area contributed by atoms with E-state index in [0.29, 0.717) is 0 Å². The van der Waals surface area contributed by atoms with Gasteiger partial charge in [-0.1, -0.05) is 23.2 Å². The van der Waals surface area contributed by atoms with Gasteiger partial charge in [0.2, 0.25) is 0 Å². The number of hydrogen-bond acceptors (Lipinski definition) is 4. The fraction of sp³-hybridized carbons (Fsp3) is 0.300. The fourth-order valence-corrected chi connectivity index (χ4v) is 3.53. The highest BCUT2D eigenvalue weighted by Crippen LogP contribution is 2.34. The number of aromatic nitrogens is 1.